The molecule has 3 aromatic carbocycles. The van der Waals surface area contributed by atoms with Gasteiger partial charge in [0, 0.05) is 43.5 Å². The molecule has 4 rings (SSSR count). The molecular weight excluding hydrogens is 384 g/mol. The van der Waals surface area contributed by atoms with E-state index < -0.39 is 0 Å². The van der Waals surface area contributed by atoms with E-state index in [4.69, 9.17) is 0 Å². The van der Waals surface area contributed by atoms with Crippen molar-refractivity contribution in [2.75, 3.05) is 38.5 Å². The zero-order chi connectivity index (χ0) is 21.8. The number of nitrogens with one attached hydrogen (secondary N) is 3. The smallest absolute Gasteiger partial charge is 0.252 e. The summed E-state index contributed by atoms with van der Waals surface area (Å²) in [6.07, 6.45) is 0. The molecule has 0 spiro atoms. The maximum Gasteiger partial charge on any atom is 0.252 e. The van der Waals surface area contributed by atoms with Crippen LogP contribution in [0.3, 0.4) is 0 Å². The molecule has 0 radical (unpaired) electrons. The molecule has 1 unspecified atom stereocenters. The Morgan fingerprint density at radius 1 is 1.16 bits per heavy atom. The Hall–Kier alpha value is -2.89. The van der Waals surface area contributed by atoms with E-state index >= 15 is 0 Å². The predicted molar refractivity (Wildman–Crippen MR) is 129 cm³/mol. The molecule has 3 aromatic rings. The summed E-state index contributed by atoms with van der Waals surface area (Å²) in [7, 11) is 2.15. The number of carbonyl (C=O) groups is 1. The number of amides is 1. The van der Waals surface area contributed by atoms with Crippen molar-refractivity contribution in [1.82, 2.24) is 15.5 Å². The van der Waals surface area contributed by atoms with Gasteiger partial charge in [0.25, 0.3) is 5.91 Å². The molecule has 1 aliphatic rings. The lowest BCUT2D eigenvalue weighted by Gasteiger charge is -2.31. The van der Waals surface area contributed by atoms with E-state index in [1.54, 1.807) is 0 Å². The van der Waals surface area contributed by atoms with Gasteiger partial charge in [0.05, 0.1) is 6.04 Å². The number of likely N-dealkylation sites (N-methyl/N-ethyl adjacent to an activating group) is 1. The minimum Gasteiger partial charge on any atom is -0.383 e. The molecule has 1 amide bonds. The van der Waals surface area contributed by atoms with Crippen molar-refractivity contribution in [2.45, 2.75) is 25.9 Å². The fourth-order valence-corrected chi connectivity index (χ4v) is 4.33. The average Bonchev–Trinajstić information content (AvgIpc) is 2.78. The molecule has 2 atom stereocenters. The number of benzene rings is 3. The third-order valence-electron chi connectivity index (χ3n) is 6.13. The van der Waals surface area contributed by atoms with Crippen molar-refractivity contribution in [3.8, 4) is 0 Å². The summed E-state index contributed by atoms with van der Waals surface area (Å²) in [6.45, 7) is 7.98. The molecule has 5 heteroatoms. The van der Waals surface area contributed by atoms with Crippen molar-refractivity contribution < 1.29 is 4.79 Å². The van der Waals surface area contributed by atoms with E-state index in [9.17, 15) is 4.79 Å². The molecule has 0 aliphatic carbocycles. The van der Waals surface area contributed by atoms with Crippen LogP contribution in [0.15, 0.2) is 60.7 Å². The summed E-state index contributed by atoms with van der Waals surface area (Å²) >= 11 is 0. The van der Waals surface area contributed by atoms with E-state index in [0.29, 0.717) is 11.6 Å². The third kappa shape index (κ3) is 5.06. The second-order valence-corrected chi connectivity index (χ2v) is 8.59. The quantitative estimate of drug-likeness (QED) is 0.569. The van der Waals surface area contributed by atoms with Crippen LogP contribution in [-0.4, -0.2) is 50.1 Å². The van der Waals surface area contributed by atoms with Crippen molar-refractivity contribution in [2.24, 2.45) is 0 Å². The number of nitrogens with zero attached hydrogens (tertiary/aromatic N) is 1. The van der Waals surface area contributed by atoms with Gasteiger partial charge in [0.1, 0.15) is 0 Å². The molecule has 0 saturated carbocycles. The molecule has 3 N–H and O–H groups in total. The number of hydrogen-bond acceptors (Lipinski definition) is 4. The number of aryl methyl sites for hydroxylation is 1. The highest BCUT2D eigenvalue weighted by Crippen LogP contribution is 2.25. The maximum absolute atomic E-state index is 13.1. The Morgan fingerprint density at radius 2 is 1.97 bits per heavy atom. The van der Waals surface area contributed by atoms with Crippen LogP contribution in [0.25, 0.3) is 10.8 Å². The van der Waals surface area contributed by atoms with Gasteiger partial charge in [-0.1, -0.05) is 48.5 Å². The highest BCUT2D eigenvalue weighted by molar-refractivity contribution is 5.97. The van der Waals surface area contributed by atoms with Crippen LogP contribution in [0, 0.1) is 6.92 Å². The van der Waals surface area contributed by atoms with Gasteiger partial charge in [-0.3, -0.25) is 4.79 Å². The molecule has 1 fully saturated rings. The largest absolute Gasteiger partial charge is 0.383 e. The molecule has 1 aliphatic heterocycles. The third-order valence-corrected chi connectivity index (χ3v) is 6.13. The molecule has 5 nitrogen and oxygen atoms in total. The first-order valence-corrected chi connectivity index (χ1v) is 11.1. The van der Waals surface area contributed by atoms with Crippen molar-refractivity contribution in [1.29, 1.82) is 0 Å². The number of piperazine rings is 1. The Bertz CT molecular complexity index is 1060. The van der Waals surface area contributed by atoms with Crippen molar-refractivity contribution in [3.63, 3.8) is 0 Å². The highest BCUT2D eigenvalue weighted by atomic mass is 16.1. The zero-order valence-corrected chi connectivity index (χ0v) is 18.6. The molecule has 0 bridgehead atoms. The first-order valence-electron chi connectivity index (χ1n) is 11.1. The monoisotopic (exact) mass is 416 g/mol. The Morgan fingerprint density at radius 3 is 2.81 bits per heavy atom. The van der Waals surface area contributed by atoms with Gasteiger partial charge in [0.15, 0.2) is 0 Å². The first kappa shape index (κ1) is 21.3. The summed E-state index contributed by atoms with van der Waals surface area (Å²) in [5.74, 6) is -0.0443. The summed E-state index contributed by atoms with van der Waals surface area (Å²) in [5.41, 5.74) is 3.80. The predicted octanol–water partition coefficient (Wildman–Crippen LogP) is 3.95. The van der Waals surface area contributed by atoms with Gasteiger partial charge in [-0.05, 0) is 54.9 Å². The van der Waals surface area contributed by atoms with Crippen LogP contribution < -0.4 is 16.0 Å². The fourth-order valence-electron chi connectivity index (χ4n) is 4.33. The van der Waals surface area contributed by atoms with Crippen molar-refractivity contribution in [3.05, 3.63) is 77.4 Å². The van der Waals surface area contributed by atoms with E-state index in [-0.39, 0.29) is 11.9 Å². The van der Waals surface area contributed by atoms with E-state index in [1.165, 1.54) is 10.8 Å². The SMILES string of the molecule is Cc1ccc(NCC2CN(C)CCN2)cc1C(=O)N[C@H](C)c1cccc2ccccc12. The lowest BCUT2D eigenvalue weighted by atomic mass is 9.99. The van der Waals surface area contributed by atoms with Gasteiger partial charge in [-0.15, -0.1) is 0 Å². The summed E-state index contributed by atoms with van der Waals surface area (Å²) in [4.78, 5) is 15.5. The molecular formula is C26H32N4O. The van der Waals surface area contributed by atoms with Crippen molar-refractivity contribution >= 4 is 22.4 Å². The second-order valence-electron chi connectivity index (χ2n) is 8.59. The van der Waals surface area contributed by atoms with E-state index in [0.717, 1.165) is 43.0 Å². The lowest BCUT2D eigenvalue weighted by molar-refractivity contribution is 0.0939. The second kappa shape index (κ2) is 9.50. The van der Waals surface area contributed by atoms with Gasteiger partial charge in [-0.2, -0.15) is 0 Å². The first-order chi connectivity index (χ1) is 15.0. The van der Waals surface area contributed by atoms with Gasteiger partial charge in [-0.25, -0.2) is 0 Å². The fraction of sp³-hybridized carbons (Fsp3) is 0.346. The van der Waals surface area contributed by atoms with Gasteiger partial charge >= 0.3 is 0 Å². The average molecular weight is 417 g/mol. The van der Waals surface area contributed by atoms with Gasteiger partial charge in [0.2, 0.25) is 0 Å². The Balaban J connectivity index is 1.45. The number of fused-ring (bicyclic) bond motifs is 1. The lowest BCUT2D eigenvalue weighted by Crippen LogP contribution is -2.51. The Kier molecular flexibility index (Phi) is 6.54. The van der Waals surface area contributed by atoms with E-state index in [2.05, 4.69) is 52.2 Å². The summed E-state index contributed by atoms with van der Waals surface area (Å²) < 4.78 is 0. The topological polar surface area (TPSA) is 56.4 Å². The van der Waals surface area contributed by atoms with Gasteiger partial charge < -0.3 is 20.9 Å². The minimum absolute atomic E-state index is 0.0443. The maximum atomic E-state index is 13.1. The Labute approximate surface area is 184 Å². The van der Waals surface area contributed by atoms with Crippen LogP contribution in [0.1, 0.15) is 34.5 Å². The van der Waals surface area contributed by atoms with Crippen LogP contribution >= 0.6 is 0 Å². The zero-order valence-electron chi connectivity index (χ0n) is 18.6. The molecule has 162 valence electrons. The number of carbonyl (C=O) groups excluding carboxylic acids is 1. The number of anilines is 1. The molecule has 1 saturated heterocycles. The summed E-state index contributed by atoms with van der Waals surface area (Å²) in [5, 5.41) is 12.6. The normalized spacial score (nSPS) is 18.0. The molecule has 31 heavy (non-hydrogen) atoms. The van der Waals surface area contributed by atoms with E-state index in [1.807, 2.05) is 50.2 Å². The summed E-state index contributed by atoms with van der Waals surface area (Å²) in [6, 6.07) is 20.9. The standard InChI is InChI=1S/C26H32N4O/c1-18-11-12-21(28-16-22-17-30(3)14-13-27-22)15-25(18)26(31)29-19(2)23-10-6-8-20-7-4-5-9-24(20)23/h4-12,15,19,22,27-28H,13-14,16-17H2,1-3H3,(H,29,31)/t19-,22?/m1/s1. The van der Waals surface area contributed by atoms with Crippen LogP contribution in [0.2, 0.25) is 0 Å². The molecule has 1 heterocycles. The van der Waals surface area contributed by atoms with Crippen LogP contribution in [0.5, 0.6) is 0 Å². The highest BCUT2D eigenvalue weighted by Gasteiger charge is 2.18. The molecule has 0 aromatic heterocycles. The van der Waals surface area contributed by atoms with Crippen LogP contribution in [0.4, 0.5) is 5.69 Å². The van der Waals surface area contributed by atoms with Crippen LogP contribution in [-0.2, 0) is 0 Å². The number of rotatable bonds is 6. The minimum atomic E-state index is -0.0865. The number of hydrogen-bond donors (Lipinski definition) is 3.